The van der Waals surface area contributed by atoms with E-state index in [9.17, 15) is 5.26 Å². The Morgan fingerprint density at radius 3 is 2.26 bits per heavy atom. The first-order valence-electron chi connectivity index (χ1n) is 11.3. The van der Waals surface area contributed by atoms with Crippen LogP contribution in [0, 0.1) is 18.3 Å². The summed E-state index contributed by atoms with van der Waals surface area (Å²) in [7, 11) is 0. The van der Waals surface area contributed by atoms with Crippen molar-refractivity contribution in [1.29, 1.82) is 5.26 Å². The van der Waals surface area contributed by atoms with Gasteiger partial charge in [-0.25, -0.2) is 0 Å². The Hall–Kier alpha value is -4.68. The van der Waals surface area contributed by atoms with Crippen LogP contribution in [0.3, 0.4) is 0 Å². The molecule has 0 aliphatic rings. The zero-order valence-corrected chi connectivity index (χ0v) is 18.7. The van der Waals surface area contributed by atoms with E-state index >= 15 is 0 Å². The fraction of sp³-hybridized carbons (Fsp3) is 0.0323. The molecule has 0 aliphatic heterocycles. The lowest BCUT2D eigenvalue weighted by atomic mass is 9.98. The molecule has 0 unspecified atom stereocenters. The molecule has 0 bridgehead atoms. The summed E-state index contributed by atoms with van der Waals surface area (Å²) in [4.78, 5) is 4.11. The highest BCUT2D eigenvalue weighted by molar-refractivity contribution is 6.14. The van der Waals surface area contributed by atoms with Gasteiger partial charge >= 0.3 is 0 Å². The van der Waals surface area contributed by atoms with E-state index in [1.807, 2.05) is 24.3 Å². The molecule has 160 valence electrons. The van der Waals surface area contributed by atoms with Gasteiger partial charge in [-0.15, -0.1) is 0 Å². The summed E-state index contributed by atoms with van der Waals surface area (Å²) in [5, 5.41) is 12.4. The minimum Gasteiger partial charge on any atom is -0.309 e. The lowest BCUT2D eigenvalue weighted by Gasteiger charge is -2.14. The third-order valence-corrected chi connectivity index (χ3v) is 6.50. The zero-order chi connectivity index (χ0) is 23.1. The molecule has 6 rings (SSSR count). The summed E-state index contributed by atoms with van der Waals surface area (Å²) in [6.07, 6.45) is 3.51. The average Bonchev–Trinajstić information content (AvgIpc) is 3.24. The second kappa shape index (κ2) is 8.03. The number of pyridine rings is 1. The topological polar surface area (TPSA) is 41.6 Å². The van der Waals surface area contributed by atoms with Crippen LogP contribution >= 0.6 is 0 Å². The monoisotopic (exact) mass is 435 g/mol. The quantitative estimate of drug-likeness (QED) is 0.286. The molecule has 0 radical (unpaired) electrons. The van der Waals surface area contributed by atoms with Crippen molar-refractivity contribution in [3.05, 3.63) is 121 Å². The third kappa shape index (κ3) is 3.09. The summed E-state index contributed by atoms with van der Waals surface area (Å²) in [6.45, 7) is 2.15. The van der Waals surface area contributed by atoms with E-state index in [0.717, 1.165) is 27.8 Å². The minimum atomic E-state index is 0.642. The van der Waals surface area contributed by atoms with Gasteiger partial charge < -0.3 is 4.57 Å². The molecular formula is C31H21N3. The van der Waals surface area contributed by atoms with Crippen molar-refractivity contribution < 1.29 is 0 Å². The van der Waals surface area contributed by atoms with Crippen LogP contribution in [0.15, 0.2) is 109 Å². The maximum absolute atomic E-state index is 10.0. The van der Waals surface area contributed by atoms with Crippen molar-refractivity contribution >= 4 is 21.8 Å². The molecule has 6 aromatic rings. The van der Waals surface area contributed by atoms with Gasteiger partial charge in [-0.1, -0.05) is 66.7 Å². The highest BCUT2D eigenvalue weighted by Gasteiger charge is 2.18. The average molecular weight is 436 g/mol. The fourth-order valence-electron chi connectivity index (χ4n) is 4.93. The second-order valence-corrected chi connectivity index (χ2v) is 8.45. The standard InChI is InChI=1S/C31H21N3/c1-21-7-2-3-8-25(21)28-10-6-11-29-27-9-4-5-12-30(27)34(31(28)29)24-13-14-26(23(19-24)20-32)22-15-17-33-18-16-22/h2-19H,1H3. The number of benzene rings is 4. The Balaban J connectivity index is 1.69. The first-order chi connectivity index (χ1) is 16.8. The summed E-state index contributed by atoms with van der Waals surface area (Å²) >= 11 is 0. The van der Waals surface area contributed by atoms with Crippen LogP contribution in [-0.4, -0.2) is 9.55 Å². The van der Waals surface area contributed by atoms with Gasteiger partial charge in [0.15, 0.2) is 0 Å². The largest absolute Gasteiger partial charge is 0.309 e. The molecule has 34 heavy (non-hydrogen) atoms. The maximum atomic E-state index is 10.0. The van der Waals surface area contributed by atoms with Crippen LogP contribution in [0.1, 0.15) is 11.1 Å². The molecule has 0 spiro atoms. The second-order valence-electron chi connectivity index (χ2n) is 8.45. The molecule has 2 aromatic heterocycles. The van der Waals surface area contributed by atoms with Crippen molar-refractivity contribution in [3.63, 3.8) is 0 Å². The number of aromatic nitrogens is 2. The number of hydrogen-bond donors (Lipinski definition) is 0. The van der Waals surface area contributed by atoms with Crippen LogP contribution in [-0.2, 0) is 0 Å². The van der Waals surface area contributed by atoms with Crippen molar-refractivity contribution in [2.45, 2.75) is 6.92 Å². The lowest BCUT2D eigenvalue weighted by molar-refractivity contribution is 1.18. The van der Waals surface area contributed by atoms with Gasteiger partial charge in [-0.3, -0.25) is 4.98 Å². The summed E-state index contributed by atoms with van der Waals surface area (Å²) in [5.74, 6) is 0. The number of hydrogen-bond acceptors (Lipinski definition) is 2. The molecule has 0 saturated heterocycles. The van der Waals surface area contributed by atoms with Gasteiger partial charge in [0, 0.05) is 34.4 Å². The molecule has 3 nitrogen and oxygen atoms in total. The highest BCUT2D eigenvalue weighted by atomic mass is 15.0. The van der Waals surface area contributed by atoms with Gasteiger partial charge in [0.2, 0.25) is 0 Å². The molecular weight excluding hydrogens is 414 g/mol. The molecule has 2 heterocycles. The Kier molecular flexibility index (Phi) is 4.71. The van der Waals surface area contributed by atoms with Gasteiger partial charge in [0.05, 0.1) is 22.7 Å². The molecule has 0 aliphatic carbocycles. The van der Waals surface area contributed by atoms with Crippen molar-refractivity contribution in [2.24, 2.45) is 0 Å². The van der Waals surface area contributed by atoms with E-state index in [1.54, 1.807) is 12.4 Å². The molecule has 0 saturated carbocycles. The fourth-order valence-corrected chi connectivity index (χ4v) is 4.93. The Bertz CT molecular complexity index is 1720. The predicted molar refractivity (Wildman–Crippen MR) is 139 cm³/mol. The molecule has 0 fully saturated rings. The van der Waals surface area contributed by atoms with Crippen molar-refractivity contribution in [1.82, 2.24) is 9.55 Å². The number of para-hydroxylation sites is 2. The normalized spacial score (nSPS) is 11.1. The third-order valence-electron chi connectivity index (χ3n) is 6.50. The van der Waals surface area contributed by atoms with Crippen LogP contribution in [0.25, 0.3) is 49.7 Å². The molecule has 3 heteroatoms. The van der Waals surface area contributed by atoms with Crippen LogP contribution in [0.4, 0.5) is 0 Å². The minimum absolute atomic E-state index is 0.642. The van der Waals surface area contributed by atoms with Crippen molar-refractivity contribution in [2.75, 3.05) is 0 Å². The molecule has 0 amide bonds. The number of aryl methyl sites for hydroxylation is 1. The van der Waals surface area contributed by atoms with Gasteiger partial charge in [0.25, 0.3) is 0 Å². The van der Waals surface area contributed by atoms with Crippen molar-refractivity contribution in [3.8, 4) is 34.0 Å². The highest BCUT2D eigenvalue weighted by Crippen LogP contribution is 2.39. The van der Waals surface area contributed by atoms with Crippen LogP contribution in [0.2, 0.25) is 0 Å². The zero-order valence-electron chi connectivity index (χ0n) is 18.7. The number of nitriles is 1. The number of nitrogens with zero attached hydrogens (tertiary/aromatic N) is 3. The van der Waals surface area contributed by atoms with E-state index in [-0.39, 0.29) is 0 Å². The summed E-state index contributed by atoms with van der Waals surface area (Å²) < 4.78 is 2.30. The van der Waals surface area contributed by atoms with E-state index in [0.29, 0.717) is 5.56 Å². The van der Waals surface area contributed by atoms with Crippen LogP contribution < -0.4 is 0 Å². The molecule has 0 N–H and O–H groups in total. The maximum Gasteiger partial charge on any atom is 0.0998 e. The van der Waals surface area contributed by atoms with E-state index in [2.05, 4.69) is 95.3 Å². The SMILES string of the molecule is Cc1ccccc1-c1cccc2c3ccccc3n(-c3ccc(-c4ccncc4)c(C#N)c3)c12. The van der Waals surface area contributed by atoms with E-state index in [4.69, 9.17) is 0 Å². The molecule has 0 atom stereocenters. The Labute approximate surface area is 198 Å². The smallest absolute Gasteiger partial charge is 0.0998 e. The number of rotatable bonds is 3. The first kappa shape index (κ1) is 20.0. The van der Waals surface area contributed by atoms with Gasteiger partial charge in [-0.2, -0.15) is 5.26 Å². The Morgan fingerprint density at radius 1 is 0.706 bits per heavy atom. The summed E-state index contributed by atoms with van der Waals surface area (Å²) in [6, 6.07) is 35.9. The molecule has 4 aromatic carbocycles. The predicted octanol–water partition coefficient (Wildman–Crippen LogP) is 7.69. The first-order valence-corrected chi connectivity index (χ1v) is 11.3. The summed E-state index contributed by atoms with van der Waals surface area (Å²) in [5.41, 5.74) is 9.42. The van der Waals surface area contributed by atoms with Crippen LogP contribution in [0.5, 0.6) is 0 Å². The van der Waals surface area contributed by atoms with E-state index < -0.39 is 0 Å². The lowest BCUT2D eigenvalue weighted by Crippen LogP contribution is -1.98. The van der Waals surface area contributed by atoms with E-state index in [1.165, 1.54) is 27.5 Å². The van der Waals surface area contributed by atoms with Gasteiger partial charge in [-0.05, 0) is 59.5 Å². The van der Waals surface area contributed by atoms with Gasteiger partial charge in [0.1, 0.15) is 0 Å². The number of fused-ring (bicyclic) bond motifs is 3. The Morgan fingerprint density at radius 2 is 1.44 bits per heavy atom.